The zero-order chi connectivity index (χ0) is 15.4. The summed E-state index contributed by atoms with van der Waals surface area (Å²) in [6.45, 7) is 5.82. The van der Waals surface area contributed by atoms with E-state index >= 15 is 0 Å². The molecule has 0 saturated carbocycles. The molecule has 7 heteroatoms. The minimum absolute atomic E-state index is 0.0272. The molecular weight excluding hydrogens is 274 g/mol. The first kappa shape index (κ1) is 15.5. The molecule has 1 N–H and O–H groups in total. The highest BCUT2D eigenvalue weighted by molar-refractivity contribution is 5.91. The summed E-state index contributed by atoms with van der Waals surface area (Å²) >= 11 is 0. The van der Waals surface area contributed by atoms with E-state index in [9.17, 15) is 14.9 Å². The number of rotatable bonds is 5. The first-order valence-corrected chi connectivity index (χ1v) is 7.27. The lowest BCUT2D eigenvalue weighted by atomic mass is 10.0. The van der Waals surface area contributed by atoms with Crippen molar-refractivity contribution < 1.29 is 14.1 Å². The van der Waals surface area contributed by atoms with Gasteiger partial charge >= 0.3 is 5.88 Å². The van der Waals surface area contributed by atoms with Gasteiger partial charge in [0.15, 0.2) is 5.76 Å². The Bertz CT molecular complexity index is 514. The van der Waals surface area contributed by atoms with Crippen molar-refractivity contribution >= 4 is 11.8 Å². The molecule has 7 nitrogen and oxygen atoms in total. The van der Waals surface area contributed by atoms with Crippen LogP contribution < -0.4 is 5.32 Å². The molecule has 1 aliphatic rings. The average molecular weight is 295 g/mol. The van der Waals surface area contributed by atoms with Crippen LogP contribution >= 0.6 is 0 Å². The number of hydrogen-bond acceptors (Lipinski definition) is 5. The molecule has 1 aromatic heterocycles. The number of hydrogen-bond donors (Lipinski definition) is 1. The van der Waals surface area contributed by atoms with Gasteiger partial charge in [-0.2, -0.15) is 0 Å². The van der Waals surface area contributed by atoms with Crippen molar-refractivity contribution in [1.29, 1.82) is 0 Å². The minimum Gasteiger partial charge on any atom is -0.395 e. The quantitative estimate of drug-likeness (QED) is 0.664. The molecule has 1 fully saturated rings. The second-order valence-corrected chi connectivity index (χ2v) is 5.54. The van der Waals surface area contributed by atoms with Crippen molar-refractivity contribution in [1.82, 2.24) is 10.2 Å². The SMILES string of the molecule is C[C@H]1CCCCN1[C@@H](C)CNC(=O)c1ccc([N+](=O)[O-])o1. The van der Waals surface area contributed by atoms with Gasteiger partial charge in [0.1, 0.15) is 4.92 Å². The Labute approximate surface area is 123 Å². The highest BCUT2D eigenvalue weighted by atomic mass is 16.6. The van der Waals surface area contributed by atoms with E-state index in [0.717, 1.165) is 6.54 Å². The van der Waals surface area contributed by atoms with Gasteiger partial charge in [-0.1, -0.05) is 6.42 Å². The van der Waals surface area contributed by atoms with Crippen molar-refractivity contribution in [3.8, 4) is 0 Å². The highest BCUT2D eigenvalue weighted by Crippen LogP contribution is 2.19. The molecule has 2 rings (SSSR count). The molecule has 0 spiro atoms. The van der Waals surface area contributed by atoms with Gasteiger partial charge in [0, 0.05) is 18.6 Å². The number of likely N-dealkylation sites (tertiary alicyclic amines) is 1. The lowest BCUT2D eigenvalue weighted by molar-refractivity contribution is -0.402. The molecule has 0 bridgehead atoms. The van der Waals surface area contributed by atoms with E-state index in [-0.39, 0.29) is 11.8 Å². The molecule has 1 aliphatic heterocycles. The third kappa shape index (κ3) is 3.81. The number of nitrogens with one attached hydrogen (secondary N) is 1. The molecule has 1 amide bonds. The monoisotopic (exact) mass is 295 g/mol. The van der Waals surface area contributed by atoms with Gasteiger partial charge < -0.3 is 9.73 Å². The fourth-order valence-corrected chi connectivity index (χ4v) is 2.77. The van der Waals surface area contributed by atoms with Gasteiger partial charge in [-0.15, -0.1) is 0 Å². The van der Waals surface area contributed by atoms with Gasteiger partial charge in [0.05, 0.1) is 6.07 Å². The van der Waals surface area contributed by atoms with Crippen LogP contribution in [0.2, 0.25) is 0 Å². The van der Waals surface area contributed by atoms with Crippen LogP contribution in [-0.4, -0.2) is 40.9 Å². The van der Waals surface area contributed by atoms with Crippen LogP contribution in [0.15, 0.2) is 16.5 Å². The molecule has 116 valence electrons. The predicted molar refractivity (Wildman–Crippen MR) is 77.2 cm³/mol. The van der Waals surface area contributed by atoms with Crippen molar-refractivity contribution in [2.75, 3.05) is 13.1 Å². The number of furan rings is 1. The molecule has 1 aromatic rings. The lowest BCUT2D eigenvalue weighted by Gasteiger charge is -2.38. The lowest BCUT2D eigenvalue weighted by Crippen LogP contribution is -2.48. The number of carbonyl (C=O) groups is 1. The van der Waals surface area contributed by atoms with E-state index in [1.54, 1.807) is 0 Å². The minimum atomic E-state index is -0.658. The first-order valence-electron chi connectivity index (χ1n) is 7.27. The van der Waals surface area contributed by atoms with Gasteiger partial charge in [-0.25, -0.2) is 0 Å². The second-order valence-electron chi connectivity index (χ2n) is 5.54. The Hall–Kier alpha value is -1.89. The smallest absolute Gasteiger partial charge is 0.395 e. The summed E-state index contributed by atoms with van der Waals surface area (Å²) < 4.78 is 4.88. The van der Waals surface area contributed by atoms with E-state index in [2.05, 4.69) is 24.1 Å². The van der Waals surface area contributed by atoms with Crippen LogP contribution in [0, 0.1) is 10.1 Å². The molecule has 1 saturated heterocycles. The fraction of sp³-hybridized carbons (Fsp3) is 0.643. The Morgan fingerprint density at radius 3 is 2.95 bits per heavy atom. The maximum absolute atomic E-state index is 11.9. The van der Waals surface area contributed by atoms with E-state index < -0.39 is 16.7 Å². The van der Waals surface area contributed by atoms with Gasteiger partial charge in [0.2, 0.25) is 0 Å². The van der Waals surface area contributed by atoms with Crippen LogP contribution in [0.5, 0.6) is 0 Å². The van der Waals surface area contributed by atoms with Crippen molar-refractivity contribution in [3.63, 3.8) is 0 Å². The number of nitro groups is 1. The standard InChI is InChI=1S/C14H21N3O4/c1-10-5-3-4-8-16(10)11(2)9-15-14(18)12-6-7-13(21-12)17(19)20/h6-7,10-11H,3-5,8-9H2,1-2H3,(H,15,18)/t10-,11-/m0/s1. The van der Waals surface area contributed by atoms with E-state index in [4.69, 9.17) is 4.42 Å². The summed E-state index contributed by atoms with van der Waals surface area (Å²) in [6, 6.07) is 3.26. The predicted octanol–water partition coefficient (Wildman–Crippen LogP) is 2.18. The molecule has 0 aliphatic carbocycles. The number of amides is 1. The van der Waals surface area contributed by atoms with Crippen molar-refractivity contribution in [2.24, 2.45) is 0 Å². The maximum Gasteiger partial charge on any atom is 0.433 e. The van der Waals surface area contributed by atoms with E-state index in [1.165, 1.54) is 31.4 Å². The number of carbonyl (C=O) groups excluding carboxylic acids is 1. The topological polar surface area (TPSA) is 88.6 Å². The zero-order valence-electron chi connectivity index (χ0n) is 12.4. The van der Waals surface area contributed by atoms with Crippen LogP contribution in [0.1, 0.15) is 43.7 Å². The average Bonchev–Trinajstić information content (AvgIpc) is 2.95. The molecular formula is C14H21N3O4. The first-order chi connectivity index (χ1) is 9.99. The summed E-state index contributed by atoms with van der Waals surface area (Å²) in [5.74, 6) is -0.863. The Morgan fingerprint density at radius 1 is 1.57 bits per heavy atom. The number of piperidine rings is 1. The third-order valence-corrected chi connectivity index (χ3v) is 3.97. The van der Waals surface area contributed by atoms with E-state index in [0.29, 0.717) is 12.6 Å². The fourth-order valence-electron chi connectivity index (χ4n) is 2.77. The third-order valence-electron chi connectivity index (χ3n) is 3.97. The summed E-state index contributed by atoms with van der Waals surface area (Å²) in [5, 5.41) is 13.3. The van der Waals surface area contributed by atoms with Crippen LogP contribution in [-0.2, 0) is 0 Å². The van der Waals surface area contributed by atoms with Gasteiger partial charge in [0.25, 0.3) is 5.91 Å². The molecule has 0 radical (unpaired) electrons. The Kier molecular flexibility index (Phi) is 4.95. The van der Waals surface area contributed by atoms with Gasteiger partial charge in [-0.3, -0.25) is 19.8 Å². The van der Waals surface area contributed by atoms with Crippen LogP contribution in [0.25, 0.3) is 0 Å². The second kappa shape index (κ2) is 6.71. The van der Waals surface area contributed by atoms with Crippen LogP contribution in [0.4, 0.5) is 5.88 Å². The zero-order valence-corrected chi connectivity index (χ0v) is 12.4. The Balaban J connectivity index is 1.86. The maximum atomic E-state index is 11.9. The summed E-state index contributed by atoms with van der Waals surface area (Å²) in [5.41, 5.74) is 0. The summed E-state index contributed by atoms with van der Waals surface area (Å²) in [7, 11) is 0. The Morgan fingerprint density at radius 2 is 2.33 bits per heavy atom. The molecule has 0 unspecified atom stereocenters. The normalized spacial score (nSPS) is 21.0. The molecule has 21 heavy (non-hydrogen) atoms. The summed E-state index contributed by atoms with van der Waals surface area (Å²) in [6.07, 6.45) is 3.63. The van der Waals surface area contributed by atoms with E-state index in [1.807, 2.05) is 0 Å². The molecule has 2 atom stereocenters. The van der Waals surface area contributed by atoms with Crippen molar-refractivity contribution in [2.45, 2.75) is 45.2 Å². The van der Waals surface area contributed by atoms with Crippen molar-refractivity contribution in [3.05, 3.63) is 28.0 Å². The molecule has 0 aromatic carbocycles. The number of nitrogens with zero attached hydrogens (tertiary/aromatic N) is 2. The molecule has 2 heterocycles. The summed E-state index contributed by atoms with van der Waals surface area (Å²) in [4.78, 5) is 24.1. The van der Waals surface area contributed by atoms with Crippen LogP contribution in [0.3, 0.4) is 0 Å². The highest BCUT2D eigenvalue weighted by Gasteiger charge is 2.24. The van der Waals surface area contributed by atoms with Gasteiger partial charge in [-0.05, 0) is 39.3 Å². The largest absolute Gasteiger partial charge is 0.433 e.